The predicted octanol–water partition coefficient (Wildman–Crippen LogP) is 3.37. The molecule has 0 fully saturated rings. The molecule has 9 nitrogen and oxygen atoms in total. The molecule has 2 amide bonds. The van der Waals surface area contributed by atoms with Gasteiger partial charge in [0.15, 0.2) is 0 Å². The molecule has 4 rings (SSSR count). The van der Waals surface area contributed by atoms with Crippen LogP contribution in [0.4, 0.5) is 10.2 Å². The molecule has 0 bridgehead atoms. The van der Waals surface area contributed by atoms with Crippen LogP contribution in [-0.4, -0.2) is 33.6 Å². The number of aromatic nitrogens is 3. The van der Waals surface area contributed by atoms with E-state index in [0.717, 1.165) is 18.2 Å². The maximum absolute atomic E-state index is 13.8. The van der Waals surface area contributed by atoms with Crippen LogP contribution in [-0.2, 0) is 6.54 Å². The Bertz CT molecular complexity index is 1510. The summed E-state index contributed by atoms with van der Waals surface area (Å²) in [5.74, 6) is -2.24. The Hall–Kier alpha value is -4.34. The lowest BCUT2D eigenvalue weighted by molar-refractivity contribution is 0.0946. The van der Waals surface area contributed by atoms with Crippen molar-refractivity contribution in [3.05, 3.63) is 65.1 Å². The number of aromatic amines is 1. The highest BCUT2D eigenvalue weighted by Gasteiger charge is 2.24. The molecule has 4 aromatic rings. The van der Waals surface area contributed by atoms with Crippen molar-refractivity contribution in [1.29, 1.82) is 0 Å². The normalized spacial score (nSPS) is 12.9. The highest BCUT2D eigenvalue weighted by atomic mass is 19.1. The van der Waals surface area contributed by atoms with E-state index in [2.05, 4.69) is 15.4 Å². The van der Waals surface area contributed by atoms with Gasteiger partial charge in [-0.05, 0) is 43.7 Å². The van der Waals surface area contributed by atoms with Crippen molar-refractivity contribution < 1.29 is 22.8 Å². The number of amides is 2. The Morgan fingerprint density at radius 1 is 1.29 bits per heavy atom. The summed E-state index contributed by atoms with van der Waals surface area (Å²) in [6.07, 6.45) is 1.70. The van der Waals surface area contributed by atoms with Crippen molar-refractivity contribution in [3.8, 4) is 17.0 Å². The second-order valence-corrected chi connectivity index (χ2v) is 7.98. The molecule has 0 aliphatic heterocycles. The number of benzene rings is 2. The van der Waals surface area contributed by atoms with E-state index in [1.807, 2.05) is 13.8 Å². The number of halogens is 1. The molecule has 0 spiro atoms. The van der Waals surface area contributed by atoms with Crippen LogP contribution in [0.3, 0.4) is 0 Å². The van der Waals surface area contributed by atoms with Gasteiger partial charge in [-0.1, -0.05) is 12.1 Å². The summed E-state index contributed by atoms with van der Waals surface area (Å²) in [5.41, 5.74) is 13.9. The molecule has 0 radical (unpaired) electrons. The Morgan fingerprint density at radius 2 is 2.09 bits per heavy atom. The molecule has 0 saturated carbocycles. The summed E-state index contributed by atoms with van der Waals surface area (Å²) >= 11 is 0. The molecule has 10 heteroatoms. The molecule has 0 aliphatic carbocycles. The number of nitrogens with two attached hydrogens (primary N) is 2. The largest absolute Gasteiger partial charge is 0.496 e. The van der Waals surface area contributed by atoms with Gasteiger partial charge in [-0.3, -0.25) is 9.59 Å². The Balaban J connectivity index is 1.67. The summed E-state index contributed by atoms with van der Waals surface area (Å²) in [6.45, 7) is 3.77. The minimum Gasteiger partial charge on any atom is -0.496 e. The van der Waals surface area contributed by atoms with Gasteiger partial charge >= 0.3 is 0 Å². The Kier molecular flexibility index (Phi) is 5.01. The van der Waals surface area contributed by atoms with Gasteiger partial charge in [-0.15, -0.1) is 0 Å². The number of anilines is 1. The Morgan fingerprint density at radius 3 is 2.79 bits per heavy atom. The predicted molar refractivity (Wildman–Crippen MR) is 127 cm³/mol. The molecule has 0 saturated heterocycles. The molecule has 2 aromatic heterocycles. The molecule has 2 aromatic carbocycles. The van der Waals surface area contributed by atoms with E-state index in [1.165, 1.54) is 4.68 Å². The van der Waals surface area contributed by atoms with E-state index >= 15 is 0 Å². The summed E-state index contributed by atoms with van der Waals surface area (Å²) in [7, 11) is -2.81. The molecule has 6 N–H and O–H groups in total. The van der Waals surface area contributed by atoms with Crippen molar-refractivity contribution in [2.45, 2.75) is 26.4 Å². The van der Waals surface area contributed by atoms with E-state index in [-0.39, 0.29) is 35.3 Å². The smallest absolute Gasteiger partial charge is 0.255 e. The van der Waals surface area contributed by atoms with Gasteiger partial charge in [-0.2, -0.15) is 5.10 Å². The van der Waals surface area contributed by atoms with Crippen LogP contribution in [0, 0.1) is 5.82 Å². The number of nitrogen functional groups attached to an aromatic ring is 1. The minimum absolute atomic E-state index is 0.0189. The lowest BCUT2D eigenvalue weighted by atomic mass is 10.00. The third-order valence-corrected chi connectivity index (χ3v) is 5.48. The number of ether oxygens (including phenoxy) is 1. The average Bonchev–Trinajstić information content (AvgIpc) is 3.42. The van der Waals surface area contributed by atoms with Crippen LogP contribution in [0.5, 0.6) is 5.75 Å². The zero-order valence-electron chi connectivity index (χ0n) is 21.5. The van der Waals surface area contributed by atoms with Crippen molar-refractivity contribution in [3.63, 3.8) is 0 Å². The van der Waals surface area contributed by atoms with Crippen LogP contribution < -0.4 is 21.5 Å². The lowest BCUT2D eigenvalue weighted by Gasteiger charge is -2.11. The van der Waals surface area contributed by atoms with Gasteiger partial charge in [0, 0.05) is 29.7 Å². The third-order valence-electron chi connectivity index (χ3n) is 5.48. The summed E-state index contributed by atoms with van der Waals surface area (Å²) in [4.78, 5) is 28.2. The molecule has 0 atom stereocenters. The minimum atomic E-state index is -2.81. The van der Waals surface area contributed by atoms with Crippen molar-refractivity contribution in [2.75, 3.05) is 12.8 Å². The second-order valence-electron chi connectivity index (χ2n) is 7.98. The number of nitrogens with one attached hydrogen (secondary N) is 2. The van der Waals surface area contributed by atoms with E-state index in [9.17, 15) is 14.0 Å². The molecule has 0 unspecified atom stereocenters. The average molecular weight is 468 g/mol. The molecule has 34 heavy (non-hydrogen) atoms. The third kappa shape index (κ3) is 3.94. The number of carbonyl (C=O) groups is 2. The first kappa shape index (κ1) is 19.2. The van der Waals surface area contributed by atoms with Gasteiger partial charge in [-0.25, -0.2) is 9.07 Å². The van der Waals surface area contributed by atoms with Gasteiger partial charge in [0.2, 0.25) is 0 Å². The fourth-order valence-electron chi connectivity index (χ4n) is 3.88. The number of fused-ring (bicyclic) bond motifs is 1. The zero-order chi connectivity index (χ0) is 27.1. The first-order chi connectivity index (χ1) is 17.4. The van der Waals surface area contributed by atoms with E-state index < -0.39 is 24.7 Å². The maximum atomic E-state index is 13.8. The SMILES string of the molecule is [2H]C([2H])([2H])Oc1ccc(F)cc1C(=O)NCc1ccc(-c2nn(C(C)C)c(N)c2C(N)=O)c2cc[nH]c12. The molecule has 176 valence electrons. The number of carbonyl (C=O) groups excluding carboxylic acids is 2. The van der Waals surface area contributed by atoms with Crippen LogP contribution in [0.15, 0.2) is 42.6 Å². The van der Waals surface area contributed by atoms with Crippen molar-refractivity contribution in [1.82, 2.24) is 20.1 Å². The highest BCUT2D eigenvalue weighted by Crippen LogP contribution is 2.35. The number of nitrogens with zero attached hydrogens (tertiary/aromatic N) is 2. The van der Waals surface area contributed by atoms with Gasteiger partial charge < -0.3 is 26.5 Å². The Labute approximate surface area is 199 Å². The molecule has 0 aliphatic rings. The fraction of sp³-hybridized carbons (Fsp3) is 0.208. The summed E-state index contributed by atoms with van der Waals surface area (Å²) in [6, 6.07) is 8.16. The van der Waals surface area contributed by atoms with E-state index in [4.69, 9.17) is 20.3 Å². The molecular formula is C24H25FN6O3. The van der Waals surface area contributed by atoms with Crippen molar-refractivity contribution in [2.24, 2.45) is 5.73 Å². The number of hydrogen-bond acceptors (Lipinski definition) is 5. The monoisotopic (exact) mass is 467 g/mol. The quantitative estimate of drug-likeness (QED) is 0.330. The molecular weight excluding hydrogens is 439 g/mol. The number of methoxy groups -OCH3 is 1. The fourth-order valence-corrected chi connectivity index (χ4v) is 3.88. The number of primary amides is 1. The van der Waals surface area contributed by atoms with Crippen molar-refractivity contribution >= 4 is 28.5 Å². The van der Waals surface area contributed by atoms with Gasteiger partial charge in [0.05, 0.1) is 22.2 Å². The first-order valence-corrected chi connectivity index (χ1v) is 10.4. The molecule has 2 heterocycles. The van der Waals surface area contributed by atoms with Crippen LogP contribution >= 0.6 is 0 Å². The number of H-pyrrole nitrogens is 1. The van der Waals surface area contributed by atoms with Crippen LogP contribution in [0.2, 0.25) is 0 Å². The van der Waals surface area contributed by atoms with E-state index in [1.54, 1.807) is 24.4 Å². The van der Waals surface area contributed by atoms with E-state index in [0.29, 0.717) is 27.7 Å². The topological polar surface area (TPSA) is 141 Å². The summed E-state index contributed by atoms with van der Waals surface area (Å²) < 4.78 is 42.0. The van der Waals surface area contributed by atoms with Gasteiger partial charge in [0.25, 0.3) is 11.8 Å². The highest BCUT2D eigenvalue weighted by molar-refractivity contribution is 6.07. The van der Waals surface area contributed by atoms with Crippen LogP contribution in [0.1, 0.15) is 50.3 Å². The second kappa shape index (κ2) is 8.89. The number of hydrogen-bond donors (Lipinski definition) is 4. The lowest BCUT2D eigenvalue weighted by Crippen LogP contribution is -2.23. The number of rotatable bonds is 7. The first-order valence-electron chi connectivity index (χ1n) is 11.9. The maximum Gasteiger partial charge on any atom is 0.255 e. The summed E-state index contributed by atoms with van der Waals surface area (Å²) in [5, 5.41) is 7.91. The van der Waals surface area contributed by atoms with Crippen LogP contribution in [0.25, 0.3) is 22.2 Å². The zero-order valence-corrected chi connectivity index (χ0v) is 18.5. The van der Waals surface area contributed by atoms with Gasteiger partial charge in [0.1, 0.15) is 28.6 Å². The standard InChI is InChI=1S/C24H25FN6O3/c1-12(2)31-22(26)19(23(27)32)21(30-31)15-6-4-13(20-16(15)8-9-28-20)11-29-24(33)17-10-14(25)5-7-18(17)34-3/h4-10,12,28H,11,26H2,1-3H3,(H2,27,32)(H,29,33)/i3D3.